The first-order valence-electron chi connectivity index (χ1n) is 8.03. The standard InChI is InChI=1S/C18H21NO4/c1-22-14-4-3-10-7-12-11-8-13(20)15(23-2)9-18(11,5-6-19-12)16(10)17(14)21/h3-4,9,11-12,19,21H,5-8H2,1-2H3/t11-,12+,18-/m0/s1. The number of carbonyl (C=O) groups is 1. The van der Waals surface area contributed by atoms with Crippen molar-refractivity contribution in [3.05, 3.63) is 35.1 Å². The number of piperidine rings is 1. The summed E-state index contributed by atoms with van der Waals surface area (Å²) >= 11 is 0. The van der Waals surface area contributed by atoms with Gasteiger partial charge in [-0.15, -0.1) is 0 Å². The lowest BCUT2D eigenvalue weighted by Gasteiger charge is -2.53. The third-order valence-electron chi connectivity index (χ3n) is 5.73. The number of methoxy groups -OCH3 is 2. The molecule has 1 aromatic carbocycles. The number of Topliss-reactive ketones (excluding diaryl/α,β-unsaturated/α-hetero) is 1. The van der Waals surface area contributed by atoms with Crippen molar-refractivity contribution < 1.29 is 19.4 Å². The Balaban J connectivity index is 2.00. The van der Waals surface area contributed by atoms with Gasteiger partial charge in [-0.05, 0) is 43.0 Å². The van der Waals surface area contributed by atoms with Crippen LogP contribution >= 0.6 is 0 Å². The molecule has 0 amide bonds. The van der Waals surface area contributed by atoms with Crippen LogP contribution in [0.5, 0.6) is 11.5 Å². The minimum Gasteiger partial charge on any atom is -0.504 e. The fraction of sp³-hybridized carbons (Fsp3) is 0.500. The molecule has 0 spiro atoms. The highest BCUT2D eigenvalue weighted by Crippen LogP contribution is 2.55. The molecule has 4 rings (SSSR count). The Labute approximate surface area is 135 Å². The molecule has 0 saturated carbocycles. The van der Waals surface area contributed by atoms with Crippen LogP contribution in [0.15, 0.2) is 24.0 Å². The van der Waals surface area contributed by atoms with E-state index in [9.17, 15) is 9.90 Å². The van der Waals surface area contributed by atoms with Gasteiger partial charge >= 0.3 is 0 Å². The van der Waals surface area contributed by atoms with Gasteiger partial charge in [0.1, 0.15) is 0 Å². The minimum absolute atomic E-state index is 0.0488. The van der Waals surface area contributed by atoms with Gasteiger partial charge in [0.25, 0.3) is 0 Å². The van der Waals surface area contributed by atoms with E-state index < -0.39 is 0 Å². The molecule has 0 unspecified atom stereocenters. The van der Waals surface area contributed by atoms with Crippen LogP contribution in [0.25, 0.3) is 0 Å². The van der Waals surface area contributed by atoms with Crippen LogP contribution in [0.2, 0.25) is 0 Å². The van der Waals surface area contributed by atoms with E-state index in [2.05, 4.69) is 5.32 Å². The summed E-state index contributed by atoms with van der Waals surface area (Å²) in [6.45, 7) is 0.860. The molecule has 0 radical (unpaired) electrons. The third-order valence-corrected chi connectivity index (χ3v) is 5.73. The van der Waals surface area contributed by atoms with Gasteiger partial charge < -0.3 is 19.9 Å². The second kappa shape index (κ2) is 4.99. The van der Waals surface area contributed by atoms with Crippen molar-refractivity contribution in [3.8, 4) is 11.5 Å². The van der Waals surface area contributed by atoms with Gasteiger partial charge in [0.15, 0.2) is 23.0 Å². The van der Waals surface area contributed by atoms with E-state index in [-0.39, 0.29) is 28.9 Å². The molecule has 1 saturated heterocycles. The molecule has 23 heavy (non-hydrogen) atoms. The first-order valence-corrected chi connectivity index (χ1v) is 8.03. The van der Waals surface area contributed by atoms with Gasteiger partial charge in [-0.1, -0.05) is 6.07 Å². The number of fused-ring (bicyclic) bond motifs is 1. The maximum absolute atomic E-state index is 12.3. The van der Waals surface area contributed by atoms with E-state index >= 15 is 0 Å². The minimum atomic E-state index is -0.360. The van der Waals surface area contributed by atoms with Crippen molar-refractivity contribution in [1.82, 2.24) is 5.32 Å². The molecule has 2 N–H and O–H groups in total. The Morgan fingerprint density at radius 1 is 1.26 bits per heavy atom. The molecule has 3 aliphatic rings. The van der Waals surface area contributed by atoms with Gasteiger partial charge in [0.05, 0.1) is 14.2 Å². The Kier molecular flexibility index (Phi) is 3.17. The second-order valence-electron chi connectivity index (χ2n) is 6.65. The number of ether oxygens (including phenoxy) is 2. The molecule has 1 fully saturated rings. The maximum atomic E-state index is 12.3. The van der Waals surface area contributed by atoms with Crippen LogP contribution < -0.4 is 10.1 Å². The highest BCUT2D eigenvalue weighted by molar-refractivity contribution is 5.95. The number of phenolic OH excluding ortho intramolecular Hbond substituents is 1. The number of ketones is 1. The van der Waals surface area contributed by atoms with Gasteiger partial charge in [-0.25, -0.2) is 0 Å². The van der Waals surface area contributed by atoms with E-state index in [0.29, 0.717) is 17.9 Å². The number of nitrogens with one attached hydrogen (secondary N) is 1. The number of carbonyl (C=O) groups excluding carboxylic acids is 1. The SMILES string of the molecule is COC1=C[C@]23CCN[C@H](Cc4ccc(OC)c(O)c42)[C@@H]3CC1=O. The van der Waals surface area contributed by atoms with Crippen LogP contribution in [-0.2, 0) is 21.4 Å². The smallest absolute Gasteiger partial charge is 0.197 e. The molecule has 3 atom stereocenters. The van der Waals surface area contributed by atoms with Crippen molar-refractivity contribution in [1.29, 1.82) is 0 Å². The predicted octanol–water partition coefficient (Wildman–Crippen LogP) is 1.68. The molecule has 2 bridgehead atoms. The van der Waals surface area contributed by atoms with Crippen molar-refractivity contribution in [2.75, 3.05) is 20.8 Å². The summed E-state index contributed by atoms with van der Waals surface area (Å²) in [7, 11) is 3.10. The van der Waals surface area contributed by atoms with E-state index in [0.717, 1.165) is 30.5 Å². The lowest BCUT2D eigenvalue weighted by molar-refractivity contribution is -0.121. The summed E-state index contributed by atoms with van der Waals surface area (Å²) in [5.74, 6) is 1.30. The van der Waals surface area contributed by atoms with Gasteiger partial charge in [-0.3, -0.25) is 4.79 Å². The first kappa shape index (κ1) is 14.6. The zero-order valence-electron chi connectivity index (χ0n) is 13.4. The van der Waals surface area contributed by atoms with Crippen LogP contribution in [0.4, 0.5) is 0 Å². The molecular formula is C18H21NO4. The normalized spacial score (nSPS) is 31.7. The summed E-state index contributed by atoms with van der Waals surface area (Å²) < 4.78 is 10.6. The molecule has 5 nitrogen and oxygen atoms in total. The maximum Gasteiger partial charge on any atom is 0.197 e. The Hall–Kier alpha value is -2.01. The van der Waals surface area contributed by atoms with Crippen molar-refractivity contribution in [2.45, 2.75) is 30.7 Å². The average Bonchev–Trinajstić information content (AvgIpc) is 2.54. The summed E-state index contributed by atoms with van der Waals surface area (Å²) in [6.07, 6.45) is 4.06. The number of hydrogen-bond acceptors (Lipinski definition) is 5. The quantitative estimate of drug-likeness (QED) is 0.869. The monoisotopic (exact) mass is 315 g/mol. The third kappa shape index (κ3) is 1.86. The number of rotatable bonds is 2. The van der Waals surface area contributed by atoms with Gasteiger partial charge in [0, 0.05) is 23.4 Å². The van der Waals surface area contributed by atoms with Gasteiger partial charge in [0.2, 0.25) is 0 Å². The van der Waals surface area contributed by atoms with E-state index in [1.807, 2.05) is 18.2 Å². The van der Waals surface area contributed by atoms with E-state index in [1.165, 1.54) is 7.11 Å². The molecule has 122 valence electrons. The van der Waals surface area contributed by atoms with Crippen molar-refractivity contribution >= 4 is 5.78 Å². The van der Waals surface area contributed by atoms with Crippen molar-refractivity contribution in [2.24, 2.45) is 5.92 Å². The largest absolute Gasteiger partial charge is 0.504 e. The molecule has 0 aromatic heterocycles. The molecular weight excluding hydrogens is 294 g/mol. The highest BCUT2D eigenvalue weighted by Gasteiger charge is 2.54. The lowest BCUT2D eigenvalue weighted by atomic mass is 9.54. The Morgan fingerprint density at radius 2 is 2.09 bits per heavy atom. The second-order valence-corrected chi connectivity index (χ2v) is 6.65. The zero-order chi connectivity index (χ0) is 16.2. The molecule has 1 aromatic rings. The van der Waals surface area contributed by atoms with Crippen LogP contribution in [0.1, 0.15) is 24.0 Å². The van der Waals surface area contributed by atoms with Crippen molar-refractivity contribution in [3.63, 3.8) is 0 Å². The van der Waals surface area contributed by atoms with Crippen LogP contribution in [0, 0.1) is 5.92 Å². The summed E-state index contributed by atoms with van der Waals surface area (Å²) in [6, 6.07) is 4.10. The summed E-state index contributed by atoms with van der Waals surface area (Å²) in [4.78, 5) is 12.3. The number of hydrogen-bond donors (Lipinski definition) is 2. The highest BCUT2D eigenvalue weighted by atomic mass is 16.5. The Bertz CT molecular complexity index is 711. The van der Waals surface area contributed by atoms with E-state index in [1.54, 1.807) is 7.11 Å². The predicted molar refractivity (Wildman–Crippen MR) is 84.7 cm³/mol. The van der Waals surface area contributed by atoms with Crippen LogP contribution in [-0.4, -0.2) is 37.7 Å². The van der Waals surface area contributed by atoms with Crippen LogP contribution in [0.3, 0.4) is 0 Å². The average molecular weight is 315 g/mol. The topological polar surface area (TPSA) is 67.8 Å². The van der Waals surface area contributed by atoms with E-state index in [4.69, 9.17) is 9.47 Å². The molecule has 1 heterocycles. The fourth-order valence-corrected chi connectivity index (χ4v) is 4.74. The lowest BCUT2D eigenvalue weighted by Crippen LogP contribution is -2.59. The zero-order valence-corrected chi connectivity index (χ0v) is 13.4. The molecule has 2 aliphatic carbocycles. The number of phenols is 1. The first-order chi connectivity index (χ1) is 11.1. The number of benzene rings is 1. The molecule has 1 aliphatic heterocycles. The molecule has 5 heteroatoms. The number of allylic oxidation sites excluding steroid dienone is 2. The number of aromatic hydroxyl groups is 1. The fourth-order valence-electron chi connectivity index (χ4n) is 4.74. The summed E-state index contributed by atoms with van der Waals surface area (Å²) in [5, 5.41) is 14.4. The summed E-state index contributed by atoms with van der Waals surface area (Å²) in [5.41, 5.74) is 1.68. The van der Waals surface area contributed by atoms with Gasteiger partial charge in [-0.2, -0.15) is 0 Å². The Morgan fingerprint density at radius 3 is 2.83 bits per heavy atom.